The largest absolute Gasteiger partial charge is 0.444 e. The molecule has 1 atom stereocenters. The molecule has 0 aliphatic carbocycles. The SMILES string of the molecule is C.C=CCC.CC.CCC.CCc1cnn2c(NCc3ccc(=O)n(CCOCCOCCCc4cc(-c5cnc(CNC(=O)OC(C)(C)C)cc5C)cc(C(F)(F)F)n4)c3)cc(N3CCCCC3CCO)nc12.CO. The molecule has 5 aromatic heterocycles. The van der Waals surface area contributed by atoms with Crippen LogP contribution in [0.3, 0.4) is 0 Å². The summed E-state index contributed by atoms with van der Waals surface area (Å²) >= 11 is 0. The molecule has 1 aliphatic heterocycles. The first-order chi connectivity index (χ1) is 35.9. The summed E-state index contributed by atoms with van der Waals surface area (Å²) < 4.78 is 61.9. The molecule has 4 N–H and O–H groups in total. The lowest BCUT2D eigenvalue weighted by atomic mass is 9.99. The maximum Gasteiger partial charge on any atom is 0.433 e. The average Bonchev–Trinajstić information content (AvgIpc) is 3.82. The Labute approximate surface area is 450 Å². The normalized spacial score (nSPS) is 13.0. The van der Waals surface area contributed by atoms with Gasteiger partial charge in [-0.1, -0.05) is 67.5 Å². The summed E-state index contributed by atoms with van der Waals surface area (Å²) in [7, 11) is 1.00. The van der Waals surface area contributed by atoms with Gasteiger partial charge in [0.05, 0.1) is 38.3 Å². The molecule has 0 spiro atoms. The summed E-state index contributed by atoms with van der Waals surface area (Å²) in [5, 5.41) is 27.5. The fourth-order valence-corrected chi connectivity index (χ4v) is 7.67. The van der Waals surface area contributed by atoms with E-state index in [-0.39, 0.29) is 70.7 Å². The van der Waals surface area contributed by atoms with Crippen molar-refractivity contribution in [2.45, 2.75) is 172 Å². The van der Waals surface area contributed by atoms with Crippen LogP contribution in [0.1, 0.15) is 148 Å². The Morgan fingerprint density at radius 1 is 0.934 bits per heavy atom. The number of carbonyl (C=O) groups is 1. The van der Waals surface area contributed by atoms with Gasteiger partial charge >= 0.3 is 12.3 Å². The molecule has 1 unspecified atom stereocenters. The van der Waals surface area contributed by atoms with Crippen molar-refractivity contribution in [2.24, 2.45) is 0 Å². The number of nitrogens with one attached hydrogen (secondary N) is 2. The van der Waals surface area contributed by atoms with Crippen LogP contribution >= 0.6 is 0 Å². The molecule has 0 saturated carbocycles. The minimum atomic E-state index is -4.64. The van der Waals surface area contributed by atoms with Gasteiger partial charge < -0.3 is 44.5 Å². The van der Waals surface area contributed by atoms with Crippen molar-refractivity contribution in [1.82, 2.24) is 34.4 Å². The third-order valence-corrected chi connectivity index (χ3v) is 11.1. The predicted octanol–water partition coefficient (Wildman–Crippen LogP) is 11.6. The van der Waals surface area contributed by atoms with Crippen molar-refractivity contribution >= 4 is 23.4 Å². The number of carbonyl (C=O) groups excluding carboxylic acids is 1. The number of alkyl carbamates (subject to hydrolysis) is 1. The first-order valence-electron chi connectivity index (χ1n) is 26.3. The van der Waals surface area contributed by atoms with E-state index in [2.05, 4.69) is 64.9 Å². The molecule has 0 bridgehead atoms. The fraction of sp³-hybridized carbons (Fsp3) is 0.579. The number of anilines is 2. The molecule has 0 aromatic carbocycles. The zero-order chi connectivity index (χ0) is 56.0. The lowest BCUT2D eigenvalue weighted by Crippen LogP contribution is -2.40. The third kappa shape index (κ3) is 23.2. The quantitative estimate of drug-likeness (QED) is 0.0401. The molecule has 1 amide bonds. The summed E-state index contributed by atoms with van der Waals surface area (Å²) in [6.45, 7) is 25.9. The molecule has 426 valence electrons. The van der Waals surface area contributed by atoms with E-state index in [1.54, 1.807) is 50.5 Å². The molecule has 76 heavy (non-hydrogen) atoms. The van der Waals surface area contributed by atoms with E-state index in [0.29, 0.717) is 48.3 Å². The summed E-state index contributed by atoms with van der Waals surface area (Å²) in [5.74, 6) is 1.64. The fourth-order valence-electron chi connectivity index (χ4n) is 7.67. The van der Waals surface area contributed by atoms with Crippen molar-refractivity contribution in [3.63, 3.8) is 0 Å². The van der Waals surface area contributed by atoms with E-state index in [9.17, 15) is 27.9 Å². The highest BCUT2D eigenvalue weighted by Gasteiger charge is 2.33. The minimum Gasteiger partial charge on any atom is -0.444 e. The number of hydrogen-bond acceptors (Lipinski definition) is 13. The topological polar surface area (TPSA) is 190 Å². The van der Waals surface area contributed by atoms with Crippen molar-refractivity contribution in [2.75, 3.05) is 56.9 Å². The molecule has 16 nitrogen and oxygen atoms in total. The number of pyridine rings is 3. The molecule has 1 saturated heterocycles. The van der Waals surface area contributed by atoms with Gasteiger partial charge in [-0.3, -0.25) is 9.78 Å². The highest BCUT2D eigenvalue weighted by molar-refractivity contribution is 5.69. The first-order valence-corrected chi connectivity index (χ1v) is 26.3. The van der Waals surface area contributed by atoms with E-state index in [4.69, 9.17) is 24.3 Å². The van der Waals surface area contributed by atoms with E-state index in [0.717, 1.165) is 80.2 Å². The number of aromatic nitrogens is 6. The van der Waals surface area contributed by atoms with Gasteiger partial charge in [-0.15, -0.1) is 6.58 Å². The maximum atomic E-state index is 13.9. The number of amides is 1. The van der Waals surface area contributed by atoms with E-state index < -0.39 is 23.6 Å². The number of alkyl halides is 3. The number of hydrogen-bond donors (Lipinski definition) is 4. The Morgan fingerprint density at radius 2 is 1.62 bits per heavy atom. The maximum absolute atomic E-state index is 13.9. The summed E-state index contributed by atoms with van der Waals surface area (Å²) in [6.07, 6.45) is 9.51. The second kappa shape index (κ2) is 36.2. The smallest absolute Gasteiger partial charge is 0.433 e. The van der Waals surface area contributed by atoms with Crippen molar-refractivity contribution in [3.05, 3.63) is 112 Å². The van der Waals surface area contributed by atoms with Crippen molar-refractivity contribution in [1.29, 1.82) is 0 Å². The lowest BCUT2D eigenvalue weighted by molar-refractivity contribution is -0.141. The monoisotopic (exact) mass is 1070 g/mol. The summed E-state index contributed by atoms with van der Waals surface area (Å²) in [4.78, 5) is 40.4. The molecule has 0 radical (unpaired) electrons. The number of piperidine rings is 1. The lowest BCUT2D eigenvalue weighted by Gasteiger charge is -2.36. The van der Waals surface area contributed by atoms with Gasteiger partial charge in [0.15, 0.2) is 5.65 Å². The molecule has 6 rings (SSSR count). The van der Waals surface area contributed by atoms with Crippen LogP contribution in [0.25, 0.3) is 16.8 Å². The van der Waals surface area contributed by atoms with Gasteiger partial charge in [0, 0.05) is 87.3 Å². The highest BCUT2D eigenvalue weighted by Crippen LogP contribution is 2.33. The van der Waals surface area contributed by atoms with Crippen LogP contribution in [0.5, 0.6) is 0 Å². The number of nitrogens with zero attached hydrogens (tertiary/aromatic N) is 7. The van der Waals surface area contributed by atoms with Gasteiger partial charge in [0.25, 0.3) is 5.56 Å². The highest BCUT2D eigenvalue weighted by atomic mass is 19.4. The zero-order valence-corrected chi connectivity index (χ0v) is 46.5. The second-order valence-electron chi connectivity index (χ2n) is 18.3. The Balaban J connectivity index is 0.00000222. The Hall–Kier alpha value is -5.89. The van der Waals surface area contributed by atoms with Crippen LogP contribution < -0.4 is 21.1 Å². The van der Waals surface area contributed by atoms with E-state index >= 15 is 0 Å². The zero-order valence-electron chi connectivity index (χ0n) is 46.5. The number of fused-ring (bicyclic) bond motifs is 1. The number of ether oxygens (including phenoxy) is 3. The van der Waals surface area contributed by atoms with Crippen LogP contribution in [0, 0.1) is 6.92 Å². The van der Waals surface area contributed by atoms with Crippen LogP contribution in [-0.4, -0.2) is 104 Å². The van der Waals surface area contributed by atoms with Crippen LogP contribution in [0.4, 0.5) is 29.6 Å². The van der Waals surface area contributed by atoms with Gasteiger partial charge in [0.2, 0.25) is 0 Å². The summed E-state index contributed by atoms with van der Waals surface area (Å²) in [6, 6.07) is 9.94. The molecule has 1 fully saturated rings. The van der Waals surface area contributed by atoms with Crippen LogP contribution in [0.15, 0.2) is 72.4 Å². The molecule has 1 aliphatic rings. The number of aryl methyl sites for hydroxylation is 3. The third-order valence-electron chi connectivity index (χ3n) is 11.1. The summed E-state index contributed by atoms with van der Waals surface area (Å²) in [5.41, 5.74) is 3.30. The van der Waals surface area contributed by atoms with E-state index in [1.807, 2.05) is 42.9 Å². The van der Waals surface area contributed by atoms with Crippen molar-refractivity contribution < 1.29 is 42.4 Å². The van der Waals surface area contributed by atoms with Gasteiger partial charge in [-0.25, -0.2) is 14.8 Å². The van der Waals surface area contributed by atoms with Gasteiger partial charge in [0.1, 0.15) is 22.9 Å². The number of rotatable bonds is 21. The Kier molecular flexibility index (Phi) is 32.4. The first kappa shape index (κ1) is 68.1. The van der Waals surface area contributed by atoms with Crippen LogP contribution in [0.2, 0.25) is 0 Å². The average molecular weight is 1070 g/mol. The Bertz CT molecular complexity index is 2490. The number of aliphatic hydroxyl groups is 2. The van der Waals surface area contributed by atoms with Crippen molar-refractivity contribution in [3.8, 4) is 11.1 Å². The number of allylic oxidation sites excluding steroid dienone is 1. The number of aliphatic hydroxyl groups excluding tert-OH is 2. The molecule has 6 heterocycles. The van der Waals surface area contributed by atoms with Gasteiger partial charge in [-0.2, -0.15) is 22.8 Å². The molecule has 19 heteroatoms. The standard InChI is InChI=1S/C46H60F3N9O6.C4H8.C3H8.C2H6.CH4O.CH4/c1-6-33-27-53-58-40(25-41(55-43(33)58)57-15-8-7-11-37(57)14-17-59)51-26-32-12-13-42(60)56(30-32)16-19-63-21-20-62-18-9-10-35-23-34(24-39(54-35)46(47,48)49)38-29-50-36(22-31(38)2)28-52-44(61)64-45(3,4)5;1-3-4-2;1-3-2;2*1-2;/h12-13,22-25,27,29-30,37,51,59H,6-11,14-21,26,28H2,1-5H3,(H,52,61);3H,1,4H2,2H3;3H2,1-2H3;1-2H3;2H,1H3;1H4. The Morgan fingerprint density at radius 3 is 2.24 bits per heavy atom. The predicted molar refractivity (Wildman–Crippen MR) is 300 cm³/mol. The molecular weight excluding hydrogens is 980 g/mol. The van der Waals surface area contributed by atoms with Crippen LogP contribution in [-0.2, 0) is 52.9 Å². The molecular formula is C57H90F3N9O7. The van der Waals surface area contributed by atoms with Gasteiger partial charge in [-0.05, 0) is 114 Å². The second-order valence-corrected chi connectivity index (χ2v) is 18.3. The van der Waals surface area contributed by atoms with E-state index in [1.165, 1.54) is 18.7 Å². The molecule has 5 aromatic rings. The number of halogens is 3. The minimum absolute atomic E-state index is 0.